The van der Waals surface area contributed by atoms with Crippen molar-refractivity contribution in [3.63, 3.8) is 0 Å². The van der Waals surface area contributed by atoms with E-state index in [1.165, 1.54) is 0 Å². The van der Waals surface area contributed by atoms with Crippen LogP contribution in [0.5, 0.6) is 0 Å². The molecule has 204 valence electrons. The van der Waals surface area contributed by atoms with Crippen LogP contribution in [0.15, 0.2) is 54.6 Å². The quantitative estimate of drug-likeness (QED) is 0.514. The van der Waals surface area contributed by atoms with Crippen molar-refractivity contribution in [1.29, 1.82) is 0 Å². The third kappa shape index (κ3) is 4.11. The van der Waals surface area contributed by atoms with E-state index in [1.807, 2.05) is 66.1 Å². The Hall–Kier alpha value is -2.58. The molecule has 4 aliphatic heterocycles. The molecule has 0 bridgehead atoms. The summed E-state index contributed by atoms with van der Waals surface area (Å²) in [5.74, 6) is -1.61. The van der Waals surface area contributed by atoms with Crippen molar-refractivity contribution in [2.24, 2.45) is 11.8 Å². The second-order valence-electron chi connectivity index (χ2n) is 11.1. The molecule has 2 saturated heterocycles. The van der Waals surface area contributed by atoms with Crippen LogP contribution >= 0.6 is 11.8 Å². The molecule has 5 rings (SSSR count). The van der Waals surface area contributed by atoms with Gasteiger partial charge in [-0.15, -0.1) is 11.8 Å². The van der Waals surface area contributed by atoms with Gasteiger partial charge < -0.3 is 19.8 Å². The van der Waals surface area contributed by atoms with Crippen molar-refractivity contribution < 1.29 is 19.5 Å². The normalized spacial score (nSPS) is 33.2. The van der Waals surface area contributed by atoms with E-state index in [2.05, 4.69) is 19.1 Å². The molecule has 8 heteroatoms. The van der Waals surface area contributed by atoms with E-state index in [0.717, 1.165) is 24.8 Å². The van der Waals surface area contributed by atoms with E-state index in [0.29, 0.717) is 26.2 Å². The summed E-state index contributed by atoms with van der Waals surface area (Å²) in [4.78, 5) is 48.4. The second-order valence-corrected chi connectivity index (χ2v) is 12.9. The zero-order valence-electron chi connectivity index (χ0n) is 22.6. The number of hydrogen-bond acceptors (Lipinski definition) is 5. The van der Waals surface area contributed by atoms with Gasteiger partial charge in [0, 0.05) is 30.9 Å². The monoisotopic (exact) mass is 537 g/mol. The zero-order chi connectivity index (χ0) is 27.1. The van der Waals surface area contributed by atoms with Crippen LogP contribution in [0.3, 0.4) is 0 Å². The van der Waals surface area contributed by atoms with Crippen LogP contribution in [0.25, 0.3) is 0 Å². The van der Waals surface area contributed by atoms with E-state index < -0.39 is 33.4 Å². The van der Waals surface area contributed by atoms with Crippen LogP contribution in [-0.4, -0.2) is 85.8 Å². The van der Waals surface area contributed by atoms with E-state index >= 15 is 0 Å². The summed E-state index contributed by atoms with van der Waals surface area (Å²) in [6.45, 7) is 8.15. The highest BCUT2D eigenvalue weighted by Gasteiger charge is 2.74. The second kappa shape index (κ2) is 10.5. The number of unbranched alkanes of at least 4 members (excludes halogenated alkanes) is 1. The number of thioether (sulfide) groups is 1. The first kappa shape index (κ1) is 27.0. The summed E-state index contributed by atoms with van der Waals surface area (Å²) >= 11 is 1.60. The smallest absolute Gasteiger partial charge is 0.247 e. The average Bonchev–Trinajstić information content (AvgIpc) is 3.19. The maximum Gasteiger partial charge on any atom is 0.247 e. The van der Waals surface area contributed by atoms with Gasteiger partial charge in [-0.25, -0.2) is 0 Å². The number of likely N-dealkylation sites (tertiary alicyclic amines) is 1. The standard InChI is InChI=1S/C30H39N3O4S/c1-4-6-17-32-19-11-15-30-24(23-26(35)31(16-5-2)18-10-14-29(23,3)38-30)27(36)33(25(30)28(32)37)22(20-34)21-12-8-7-9-13-21/h7-15,22-25,34H,4-6,16-20H2,1-3H3/t22-,23-,24+,25?,29+,30+/m1/s1. The molecular formula is C30H39N3O4S. The molecule has 4 aliphatic rings. The highest BCUT2D eigenvalue weighted by Crippen LogP contribution is 2.66. The molecule has 0 aromatic heterocycles. The van der Waals surface area contributed by atoms with Gasteiger partial charge in [-0.2, -0.15) is 0 Å². The molecule has 1 unspecified atom stereocenters. The van der Waals surface area contributed by atoms with Gasteiger partial charge in [0.1, 0.15) is 6.04 Å². The molecule has 1 spiro atoms. The number of carbonyl (C=O) groups excluding carboxylic acids is 3. The van der Waals surface area contributed by atoms with Gasteiger partial charge in [0.05, 0.1) is 29.2 Å². The highest BCUT2D eigenvalue weighted by atomic mass is 32.2. The zero-order valence-corrected chi connectivity index (χ0v) is 23.4. The summed E-state index contributed by atoms with van der Waals surface area (Å²) in [7, 11) is 0. The number of nitrogens with zero attached hydrogens (tertiary/aromatic N) is 3. The summed E-state index contributed by atoms with van der Waals surface area (Å²) in [6.07, 6.45) is 10.9. The minimum atomic E-state index is -0.897. The fraction of sp³-hybridized carbons (Fsp3) is 0.567. The summed E-state index contributed by atoms with van der Waals surface area (Å²) in [5, 5.41) is 10.6. The lowest BCUT2D eigenvalue weighted by molar-refractivity contribution is -0.147. The summed E-state index contributed by atoms with van der Waals surface area (Å²) in [6, 6.07) is 7.96. The van der Waals surface area contributed by atoms with E-state index in [1.54, 1.807) is 16.7 Å². The molecule has 3 amide bonds. The number of hydrogen-bond donors (Lipinski definition) is 1. The Morgan fingerprint density at radius 1 is 0.921 bits per heavy atom. The molecule has 0 saturated carbocycles. The first-order valence-corrected chi connectivity index (χ1v) is 14.8. The van der Waals surface area contributed by atoms with Crippen LogP contribution in [0, 0.1) is 11.8 Å². The predicted octanol–water partition coefficient (Wildman–Crippen LogP) is 3.41. The van der Waals surface area contributed by atoms with Gasteiger partial charge in [-0.05, 0) is 25.3 Å². The first-order valence-electron chi connectivity index (χ1n) is 13.9. The third-order valence-corrected chi connectivity index (χ3v) is 10.4. The van der Waals surface area contributed by atoms with Crippen LogP contribution in [0.4, 0.5) is 0 Å². The number of carbonyl (C=O) groups is 3. The molecule has 38 heavy (non-hydrogen) atoms. The molecule has 0 aliphatic carbocycles. The minimum absolute atomic E-state index is 0.0177. The Morgan fingerprint density at radius 2 is 1.61 bits per heavy atom. The molecular weight excluding hydrogens is 498 g/mol. The molecule has 0 radical (unpaired) electrons. The van der Waals surface area contributed by atoms with Crippen LogP contribution in [-0.2, 0) is 14.4 Å². The topological polar surface area (TPSA) is 81.2 Å². The van der Waals surface area contributed by atoms with Crippen molar-refractivity contribution in [2.75, 3.05) is 32.8 Å². The lowest BCUT2D eigenvalue weighted by atomic mass is 9.74. The Bertz CT molecular complexity index is 1140. The van der Waals surface area contributed by atoms with Gasteiger partial charge in [0.2, 0.25) is 17.7 Å². The molecule has 6 atom stereocenters. The maximum absolute atomic E-state index is 14.6. The van der Waals surface area contributed by atoms with Gasteiger partial charge >= 0.3 is 0 Å². The number of aliphatic hydroxyl groups is 1. The highest BCUT2D eigenvalue weighted by molar-refractivity contribution is 8.02. The fourth-order valence-corrected chi connectivity index (χ4v) is 9.09. The predicted molar refractivity (Wildman–Crippen MR) is 149 cm³/mol. The van der Waals surface area contributed by atoms with Crippen LogP contribution in [0.1, 0.15) is 51.6 Å². The number of amides is 3. The van der Waals surface area contributed by atoms with Gasteiger partial charge in [-0.3, -0.25) is 14.4 Å². The Balaban J connectivity index is 1.67. The van der Waals surface area contributed by atoms with E-state index in [-0.39, 0.29) is 24.3 Å². The molecule has 7 nitrogen and oxygen atoms in total. The third-order valence-electron chi connectivity index (χ3n) is 8.63. The number of aliphatic hydroxyl groups excluding tert-OH is 1. The molecule has 1 aromatic rings. The number of rotatable bonds is 8. The van der Waals surface area contributed by atoms with Crippen molar-refractivity contribution in [3.8, 4) is 0 Å². The van der Waals surface area contributed by atoms with E-state index in [9.17, 15) is 19.5 Å². The number of benzene rings is 1. The van der Waals surface area contributed by atoms with Gasteiger partial charge in [0.25, 0.3) is 0 Å². The summed E-state index contributed by atoms with van der Waals surface area (Å²) < 4.78 is -1.51. The molecule has 4 heterocycles. The SMILES string of the molecule is CCCCN1CC=C[C@]23S[C@@]4(C)C=CCN(CCC)C(=O)[C@H]4[C@H]2C(=O)N([C@H](CO)c2ccccc2)C3C1=O. The summed E-state index contributed by atoms with van der Waals surface area (Å²) in [5.41, 5.74) is 0.784. The molecule has 2 fully saturated rings. The van der Waals surface area contributed by atoms with Gasteiger partial charge in [0.15, 0.2) is 0 Å². The minimum Gasteiger partial charge on any atom is -0.394 e. The largest absolute Gasteiger partial charge is 0.394 e. The van der Waals surface area contributed by atoms with Crippen molar-refractivity contribution in [1.82, 2.24) is 14.7 Å². The Labute approximate surface area is 229 Å². The first-order chi connectivity index (χ1) is 18.3. The van der Waals surface area contributed by atoms with Crippen LogP contribution < -0.4 is 0 Å². The lowest BCUT2D eigenvalue weighted by Crippen LogP contribution is -2.54. The van der Waals surface area contributed by atoms with E-state index in [4.69, 9.17) is 0 Å². The average molecular weight is 538 g/mol. The van der Waals surface area contributed by atoms with Crippen molar-refractivity contribution in [3.05, 3.63) is 60.2 Å². The van der Waals surface area contributed by atoms with Crippen molar-refractivity contribution in [2.45, 2.75) is 61.6 Å². The van der Waals surface area contributed by atoms with Gasteiger partial charge in [-0.1, -0.05) is 74.9 Å². The molecule has 1 aromatic carbocycles. The fourth-order valence-electron chi connectivity index (χ4n) is 6.94. The lowest BCUT2D eigenvalue weighted by Gasteiger charge is -2.40. The Morgan fingerprint density at radius 3 is 2.26 bits per heavy atom. The number of fused-ring (bicyclic) bond motifs is 2. The van der Waals surface area contributed by atoms with Crippen LogP contribution in [0.2, 0.25) is 0 Å². The Kier molecular flexibility index (Phi) is 7.48. The van der Waals surface area contributed by atoms with Crippen molar-refractivity contribution >= 4 is 29.5 Å². The molecule has 1 N–H and O–H groups in total. The maximum atomic E-state index is 14.6.